The van der Waals surface area contributed by atoms with Crippen molar-refractivity contribution in [2.45, 2.75) is 19.9 Å². The van der Waals surface area contributed by atoms with E-state index in [2.05, 4.69) is 11.9 Å². The summed E-state index contributed by atoms with van der Waals surface area (Å²) in [7, 11) is 0. The first-order chi connectivity index (χ1) is 10.7. The summed E-state index contributed by atoms with van der Waals surface area (Å²) in [5, 5.41) is 2.30. The predicted octanol–water partition coefficient (Wildman–Crippen LogP) is 2.95. The molecule has 0 radical (unpaired) electrons. The van der Waals surface area contributed by atoms with Crippen LogP contribution < -0.4 is 11.2 Å². The number of fused-ring (bicyclic) bond motifs is 1. The Balaban J connectivity index is 2.24. The maximum atomic E-state index is 12.6. The van der Waals surface area contributed by atoms with Gasteiger partial charge in [0, 0.05) is 10.9 Å². The standard InChI is InChI=1S/C16H15FN2O2S/c1-2-10-3-5-11(6-4-10)12-9-22-14-13(12)15(20)19(8-7-17)16(21)18-14/h3-6,9H,2,7-8H2,1H3,(H,18,21). The molecule has 0 bridgehead atoms. The van der Waals surface area contributed by atoms with Crippen molar-refractivity contribution in [3.63, 3.8) is 0 Å². The van der Waals surface area contributed by atoms with Crippen LogP contribution in [0.2, 0.25) is 0 Å². The first kappa shape index (κ1) is 14.7. The molecule has 2 aromatic heterocycles. The third-order valence-electron chi connectivity index (χ3n) is 3.70. The van der Waals surface area contributed by atoms with E-state index < -0.39 is 17.9 Å². The second kappa shape index (κ2) is 5.88. The molecule has 0 saturated heterocycles. The van der Waals surface area contributed by atoms with Gasteiger partial charge in [-0.05, 0) is 17.5 Å². The molecule has 4 nitrogen and oxygen atoms in total. The van der Waals surface area contributed by atoms with Gasteiger partial charge in [0.15, 0.2) is 0 Å². The van der Waals surface area contributed by atoms with Gasteiger partial charge in [-0.1, -0.05) is 31.2 Å². The number of hydrogen-bond acceptors (Lipinski definition) is 3. The average Bonchev–Trinajstić information content (AvgIpc) is 2.95. The fourth-order valence-electron chi connectivity index (χ4n) is 2.47. The Morgan fingerprint density at radius 1 is 1.23 bits per heavy atom. The quantitative estimate of drug-likeness (QED) is 0.804. The fourth-order valence-corrected chi connectivity index (χ4v) is 3.43. The fraction of sp³-hybridized carbons (Fsp3) is 0.250. The number of halogens is 1. The van der Waals surface area contributed by atoms with Crippen molar-refractivity contribution < 1.29 is 4.39 Å². The number of rotatable bonds is 4. The summed E-state index contributed by atoms with van der Waals surface area (Å²) in [4.78, 5) is 27.5. The van der Waals surface area contributed by atoms with Gasteiger partial charge in [0.05, 0.1) is 11.9 Å². The SMILES string of the molecule is CCc1ccc(-c2csc3[nH]c(=O)n(CCF)c(=O)c23)cc1. The Labute approximate surface area is 129 Å². The Hall–Kier alpha value is -2.21. The van der Waals surface area contributed by atoms with Gasteiger partial charge in [-0.15, -0.1) is 11.3 Å². The second-order valence-electron chi connectivity index (χ2n) is 4.98. The summed E-state index contributed by atoms with van der Waals surface area (Å²) < 4.78 is 13.5. The Bertz CT molecular complexity index is 922. The van der Waals surface area contributed by atoms with Crippen LogP contribution in [0.1, 0.15) is 12.5 Å². The lowest BCUT2D eigenvalue weighted by atomic mass is 10.0. The van der Waals surface area contributed by atoms with Crippen LogP contribution in [0.5, 0.6) is 0 Å². The van der Waals surface area contributed by atoms with Crippen LogP contribution in [-0.2, 0) is 13.0 Å². The molecule has 0 aliphatic heterocycles. The van der Waals surface area contributed by atoms with Crippen LogP contribution in [0.25, 0.3) is 21.3 Å². The highest BCUT2D eigenvalue weighted by Gasteiger charge is 2.14. The van der Waals surface area contributed by atoms with Crippen molar-refractivity contribution in [2.24, 2.45) is 0 Å². The number of aromatic amines is 1. The van der Waals surface area contributed by atoms with E-state index in [9.17, 15) is 14.0 Å². The number of thiophene rings is 1. The van der Waals surface area contributed by atoms with Gasteiger partial charge in [-0.2, -0.15) is 0 Å². The summed E-state index contributed by atoms with van der Waals surface area (Å²) in [5.41, 5.74) is 1.90. The molecule has 114 valence electrons. The number of aromatic nitrogens is 2. The first-order valence-electron chi connectivity index (χ1n) is 7.05. The molecule has 3 rings (SSSR count). The molecule has 0 unspecified atom stereocenters. The van der Waals surface area contributed by atoms with Crippen molar-refractivity contribution >= 4 is 21.6 Å². The van der Waals surface area contributed by atoms with E-state index in [4.69, 9.17) is 0 Å². The summed E-state index contributed by atoms with van der Waals surface area (Å²) in [6, 6.07) is 7.96. The Morgan fingerprint density at radius 3 is 2.59 bits per heavy atom. The van der Waals surface area contributed by atoms with Crippen LogP contribution in [0.15, 0.2) is 39.2 Å². The number of alkyl halides is 1. The summed E-state index contributed by atoms with van der Waals surface area (Å²) >= 11 is 1.31. The number of hydrogen-bond donors (Lipinski definition) is 1. The van der Waals surface area contributed by atoms with E-state index in [0.717, 1.165) is 22.1 Å². The van der Waals surface area contributed by atoms with Gasteiger partial charge in [0.1, 0.15) is 11.5 Å². The molecule has 22 heavy (non-hydrogen) atoms. The van der Waals surface area contributed by atoms with E-state index >= 15 is 0 Å². The molecule has 6 heteroatoms. The maximum absolute atomic E-state index is 12.6. The average molecular weight is 318 g/mol. The van der Waals surface area contributed by atoms with Crippen LogP contribution >= 0.6 is 11.3 Å². The normalized spacial score (nSPS) is 11.2. The van der Waals surface area contributed by atoms with Crippen molar-refractivity contribution in [1.29, 1.82) is 0 Å². The lowest BCUT2D eigenvalue weighted by Gasteiger charge is -2.04. The zero-order valence-electron chi connectivity index (χ0n) is 12.1. The lowest BCUT2D eigenvalue weighted by Crippen LogP contribution is -2.35. The van der Waals surface area contributed by atoms with Crippen molar-refractivity contribution in [3.8, 4) is 11.1 Å². The van der Waals surface area contributed by atoms with Gasteiger partial charge in [-0.3, -0.25) is 14.3 Å². The largest absolute Gasteiger partial charge is 0.329 e. The number of nitrogens with zero attached hydrogens (tertiary/aromatic N) is 1. The predicted molar refractivity (Wildman–Crippen MR) is 87.5 cm³/mol. The van der Waals surface area contributed by atoms with Crippen molar-refractivity contribution in [2.75, 3.05) is 6.67 Å². The summed E-state index contributed by atoms with van der Waals surface area (Å²) in [6.07, 6.45) is 0.946. The molecular formula is C16H15FN2O2S. The molecule has 0 fully saturated rings. The molecular weight excluding hydrogens is 303 g/mol. The van der Waals surface area contributed by atoms with E-state index in [1.165, 1.54) is 16.9 Å². The van der Waals surface area contributed by atoms with E-state index in [1.807, 2.05) is 29.6 Å². The molecule has 3 aromatic rings. The molecule has 0 aliphatic rings. The molecule has 0 spiro atoms. The zero-order chi connectivity index (χ0) is 15.7. The van der Waals surface area contributed by atoms with Gasteiger partial charge in [0.2, 0.25) is 0 Å². The monoisotopic (exact) mass is 318 g/mol. The van der Waals surface area contributed by atoms with Gasteiger partial charge >= 0.3 is 5.69 Å². The highest BCUT2D eigenvalue weighted by Crippen LogP contribution is 2.30. The van der Waals surface area contributed by atoms with Gasteiger partial charge < -0.3 is 0 Å². The third-order valence-corrected chi connectivity index (χ3v) is 4.59. The van der Waals surface area contributed by atoms with Crippen LogP contribution in [0, 0.1) is 0 Å². The van der Waals surface area contributed by atoms with E-state index in [-0.39, 0.29) is 6.54 Å². The lowest BCUT2D eigenvalue weighted by molar-refractivity contribution is 0.434. The first-order valence-corrected chi connectivity index (χ1v) is 7.93. The Morgan fingerprint density at radius 2 is 1.95 bits per heavy atom. The highest BCUT2D eigenvalue weighted by atomic mass is 32.1. The second-order valence-corrected chi connectivity index (χ2v) is 5.86. The minimum absolute atomic E-state index is 0.228. The summed E-state index contributed by atoms with van der Waals surface area (Å²) in [5.74, 6) is 0. The minimum atomic E-state index is -0.751. The number of aryl methyl sites for hydroxylation is 1. The molecule has 0 aliphatic carbocycles. The molecule has 0 saturated carbocycles. The molecule has 1 N–H and O–H groups in total. The minimum Gasteiger partial charge on any atom is -0.298 e. The smallest absolute Gasteiger partial charge is 0.298 e. The number of H-pyrrole nitrogens is 1. The number of benzene rings is 1. The van der Waals surface area contributed by atoms with Gasteiger partial charge in [0.25, 0.3) is 5.56 Å². The summed E-state index contributed by atoms with van der Waals surface area (Å²) in [6.45, 7) is 1.10. The third kappa shape index (κ3) is 2.39. The topological polar surface area (TPSA) is 54.9 Å². The van der Waals surface area contributed by atoms with Gasteiger partial charge in [-0.25, -0.2) is 9.18 Å². The number of nitrogens with one attached hydrogen (secondary N) is 1. The van der Waals surface area contributed by atoms with Crippen LogP contribution in [-0.4, -0.2) is 16.2 Å². The van der Waals surface area contributed by atoms with Crippen molar-refractivity contribution in [1.82, 2.24) is 9.55 Å². The molecule has 0 amide bonds. The van der Waals surface area contributed by atoms with E-state index in [1.54, 1.807) is 0 Å². The molecule has 2 heterocycles. The molecule has 1 aromatic carbocycles. The van der Waals surface area contributed by atoms with Crippen molar-refractivity contribution in [3.05, 3.63) is 56.0 Å². The van der Waals surface area contributed by atoms with Crippen LogP contribution in [0.4, 0.5) is 4.39 Å². The van der Waals surface area contributed by atoms with Crippen LogP contribution in [0.3, 0.4) is 0 Å². The maximum Gasteiger partial charge on any atom is 0.329 e. The van der Waals surface area contributed by atoms with E-state index in [0.29, 0.717) is 10.2 Å². The Kier molecular flexibility index (Phi) is 3.94. The molecule has 0 atom stereocenters. The highest BCUT2D eigenvalue weighted by molar-refractivity contribution is 7.17. The zero-order valence-corrected chi connectivity index (χ0v) is 12.9.